The van der Waals surface area contributed by atoms with Crippen molar-refractivity contribution < 1.29 is 14.6 Å². The van der Waals surface area contributed by atoms with Crippen LogP contribution in [0, 0.1) is 5.92 Å². The molecule has 0 saturated carbocycles. The maximum absolute atomic E-state index is 11.7. The first kappa shape index (κ1) is 15.4. The summed E-state index contributed by atoms with van der Waals surface area (Å²) in [7, 11) is 0. The highest BCUT2D eigenvalue weighted by Gasteiger charge is 2.24. The van der Waals surface area contributed by atoms with Crippen molar-refractivity contribution in [3.63, 3.8) is 0 Å². The molecule has 1 aliphatic heterocycles. The number of hydrogen-bond donors (Lipinski definition) is 3. The molecule has 0 aliphatic carbocycles. The van der Waals surface area contributed by atoms with Gasteiger partial charge in [0.2, 0.25) is 0 Å². The van der Waals surface area contributed by atoms with E-state index in [0.29, 0.717) is 35.4 Å². The Hall–Kier alpha value is -1.01. The van der Waals surface area contributed by atoms with Crippen molar-refractivity contribution in [3.05, 3.63) is 28.2 Å². The third kappa shape index (κ3) is 4.24. The molecule has 1 fully saturated rings. The minimum absolute atomic E-state index is 0.0358. The van der Waals surface area contributed by atoms with Crippen molar-refractivity contribution >= 4 is 29.1 Å². The summed E-state index contributed by atoms with van der Waals surface area (Å²) in [4.78, 5) is 11.7. The van der Waals surface area contributed by atoms with E-state index < -0.39 is 6.10 Å². The molecule has 0 aromatic heterocycles. The van der Waals surface area contributed by atoms with E-state index in [1.165, 1.54) is 0 Å². The van der Waals surface area contributed by atoms with E-state index in [1.807, 2.05) is 0 Å². The molecule has 0 spiro atoms. The predicted molar refractivity (Wildman–Crippen MR) is 77.3 cm³/mol. The average Bonchev–Trinajstić information content (AvgIpc) is 2.83. The minimum Gasteiger partial charge on any atom is -0.482 e. The van der Waals surface area contributed by atoms with Gasteiger partial charge in [0.25, 0.3) is 5.91 Å². The molecule has 2 rings (SSSR count). The lowest BCUT2D eigenvalue weighted by Crippen LogP contribution is -2.36. The van der Waals surface area contributed by atoms with Gasteiger partial charge in [-0.2, -0.15) is 0 Å². The van der Waals surface area contributed by atoms with Crippen LogP contribution in [0.4, 0.5) is 0 Å². The number of carbonyl (C=O) groups excluding carboxylic acids is 1. The number of nitrogens with one attached hydrogen (secondary N) is 2. The number of aliphatic hydroxyl groups is 1. The van der Waals surface area contributed by atoms with Crippen LogP contribution in [0.25, 0.3) is 0 Å². The van der Waals surface area contributed by atoms with Gasteiger partial charge < -0.3 is 20.5 Å². The van der Waals surface area contributed by atoms with Gasteiger partial charge in [0.05, 0.1) is 11.1 Å². The number of β-amino-alcohol motifs (C(OH)–C–C–N with tert-alkyl or cyclic N) is 1. The van der Waals surface area contributed by atoms with E-state index in [1.54, 1.807) is 18.2 Å². The molecule has 0 bridgehead atoms. The van der Waals surface area contributed by atoms with Crippen molar-refractivity contribution in [2.45, 2.75) is 6.10 Å². The van der Waals surface area contributed by atoms with Crippen LogP contribution >= 0.6 is 23.2 Å². The Morgan fingerprint density at radius 1 is 1.45 bits per heavy atom. The maximum atomic E-state index is 11.7. The van der Waals surface area contributed by atoms with Gasteiger partial charge in [-0.05, 0) is 12.1 Å². The van der Waals surface area contributed by atoms with Crippen molar-refractivity contribution in [1.29, 1.82) is 0 Å². The normalized spacial score (nSPS) is 21.8. The first-order valence-electron chi connectivity index (χ1n) is 6.29. The molecule has 5 nitrogen and oxygen atoms in total. The number of carbonyl (C=O) groups is 1. The zero-order valence-corrected chi connectivity index (χ0v) is 12.2. The zero-order chi connectivity index (χ0) is 14.5. The number of halogens is 2. The summed E-state index contributed by atoms with van der Waals surface area (Å²) in [6.07, 6.45) is -0.418. The topological polar surface area (TPSA) is 70.6 Å². The molecule has 2 unspecified atom stereocenters. The number of ether oxygens (including phenoxy) is 1. The minimum atomic E-state index is -0.418. The van der Waals surface area contributed by atoms with Crippen molar-refractivity contribution in [1.82, 2.24) is 10.6 Å². The van der Waals surface area contributed by atoms with E-state index in [0.717, 1.165) is 0 Å². The SMILES string of the molecule is O=C(COc1cc(Cl)ccc1Cl)NCC1CNCC1O. The molecule has 1 aromatic rings. The van der Waals surface area contributed by atoms with Crippen LogP contribution in [0.3, 0.4) is 0 Å². The van der Waals surface area contributed by atoms with Crippen LogP contribution in [0.2, 0.25) is 10.0 Å². The Kier molecular flexibility index (Phi) is 5.48. The molecule has 1 aromatic carbocycles. The molecular formula is C13H16Cl2N2O3. The third-order valence-electron chi connectivity index (χ3n) is 3.12. The second kappa shape index (κ2) is 7.13. The molecular weight excluding hydrogens is 303 g/mol. The molecule has 1 aliphatic rings. The van der Waals surface area contributed by atoms with E-state index in [9.17, 15) is 9.90 Å². The molecule has 2 atom stereocenters. The molecule has 7 heteroatoms. The summed E-state index contributed by atoms with van der Waals surface area (Å²) in [5.74, 6) is 0.144. The van der Waals surface area contributed by atoms with E-state index in [4.69, 9.17) is 27.9 Å². The molecule has 1 heterocycles. The standard InChI is InChI=1S/C13H16Cl2N2O3/c14-9-1-2-10(15)12(3-9)20-7-13(19)17-5-8-4-16-6-11(8)18/h1-3,8,11,16,18H,4-7H2,(H,17,19). The first-order chi connectivity index (χ1) is 9.56. The average molecular weight is 319 g/mol. The van der Waals surface area contributed by atoms with E-state index in [-0.39, 0.29) is 18.4 Å². The van der Waals surface area contributed by atoms with Crippen molar-refractivity contribution in [2.24, 2.45) is 5.92 Å². The fraction of sp³-hybridized carbons (Fsp3) is 0.462. The molecule has 1 saturated heterocycles. The monoisotopic (exact) mass is 318 g/mol. The predicted octanol–water partition coefficient (Wildman–Crippen LogP) is 1.07. The summed E-state index contributed by atoms with van der Waals surface area (Å²) >= 11 is 11.7. The fourth-order valence-electron chi connectivity index (χ4n) is 1.95. The van der Waals surface area contributed by atoms with Crippen molar-refractivity contribution in [2.75, 3.05) is 26.2 Å². The molecule has 0 radical (unpaired) electrons. The van der Waals surface area contributed by atoms with Gasteiger partial charge in [-0.3, -0.25) is 4.79 Å². The molecule has 1 amide bonds. The zero-order valence-electron chi connectivity index (χ0n) is 10.7. The van der Waals surface area contributed by atoms with Crippen LogP contribution < -0.4 is 15.4 Å². The molecule has 20 heavy (non-hydrogen) atoms. The number of hydrogen-bond acceptors (Lipinski definition) is 4. The number of amides is 1. The highest BCUT2D eigenvalue weighted by Crippen LogP contribution is 2.27. The van der Waals surface area contributed by atoms with Crippen LogP contribution in [0.15, 0.2) is 18.2 Å². The summed E-state index contributed by atoms with van der Waals surface area (Å²) in [6.45, 7) is 1.54. The molecule has 3 N–H and O–H groups in total. The lowest BCUT2D eigenvalue weighted by atomic mass is 10.1. The highest BCUT2D eigenvalue weighted by atomic mass is 35.5. The Morgan fingerprint density at radius 3 is 2.95 bits per heavy atom. The lowest BCUT2D eigenvalue weighted by molar-refractivity contribution is -0.123. The van der Waals surface area contributed by atoms with Crippen LogP contribution in [-0.4, -0.2) is 43.4 Å². The van der Waals surface area contributed by atoms with E-state index >= 15 is 0 Å². The quantitative estimate of drug-likeness (QED) is 0.759. The summed E-state index contributed by atoms with van der Waals surface area (Å²) in [5.41, 5.74) is 0. The van der Waals surface area contributed by atoms with Gasteiger partial charge in [0.15, 0.2) is 6.61 Å². The Morgan fingerprint density at radius 2 is 2.25 bits per heavy atom. The van der Waals surface area contributed by atoms with Gasteiger partial charge in [-0.1, -0.05) is 23.2 Å². The summed E-state index contributed by atoms with van der Waals surface area (Å²) < 4.78 is 5.31. The Balaban J connectivity index is 1.76. The maximum Gasteiger partial charge on any atom is 0.257 e. The highest BCUT2D eigenvalue weighted by molar-refractivity contribution is 6.34. The smallest absolute Gasteiger partial charge is 0.257 e. The van der Waals surface area contributed by atoms with Crippen molar-refractivity contribution in [3.8, 4) is 5.75 Å². The lowest BCUT2D eigenvalue weighted by Gasteiger charge is -2.14. The van der Waals surface area contributed by atoms with Gasteiger partial charge in [-0.25, -0.2) is 0 Å². The Labute approximate surface area is 127 Å². The van der Waals surface area contributed by atoms with Gasteiger partial charge in [0.1, 0.15) is 5.75 Å². The van der Waals surface area contributed by atoms with Gasteiger partial charge >= 0.3 is 0 Å². The summed E-state index contributed by atoms with van der Waals surface area (Å²) in [6, 6.07) is 4.81. The van der Waals surface area contributed by atoms with Crippen LogP contribution in [0.5, 0.6) is 5.75 Å². The fourth-order valence-corrected chi connectivity index (χ4v) is 2.29. The number of aliphatic hydroxyl groups excluding tert-OH is 1. The number of rotatable bonds is 5. The van der Waals surface area contributed by atoms with E-state index in [2.05, 4.69) is 10.6 Å². The third-order valence-corrected chi connectivity index (χ3v) is 3.66. The largest absolute Gasteiger partial charge is 0.482 e. The van der Waals surface area contributed by atoms with Crippen LogP contribution in [-0.2, 0) is 4.79 Å². The molecule has 110 valence electrons. The van der Waals surface area contributed by atoms with Gasteiger partial charge in [0, 0.05) is 36.6 Å². The van der Waals surface area contributed by atoms with Gasteiger partial charge in [-0.15, -0.1) is 0 Å². The summed E-state index contributed by atoms with van der Waals surface area (Å²) in [5, 5.41) is 16.3. The number of benzene rings is 1. The Bertz CT molecular complexity index is 485. The second-order valence-electron chi connectivity index (χ2n) is 4.65. The second-order valence-corrected chi connectivity index (χ2v) is 5.50. The first-order valence-corrected chi connectivity index (χ1v) is 7.05. The van der Waals surface area contributed by atoms with Crippen LogP contribution in [0.1, 0.15) is 0 Å².